The van der Waals surface area contributed by atoms with Crippen LogP contribution in [0.25, 0.3) is 0 Å². The van der Waals surface area contributed by atoms with Crippen molar-refractivity contribution < 1.29 is 14.3 Å². The second-order valence-electron chi connectivity index (χ2n) is 5.27. The van der Waals surface area contributed by atoms with Gasteiger partial charge in [0.2, 0.25) is 5.91 Å². The number of amides is 1. The number of hydrogen-bond donors (Lipinski definition) is 2. The Bertz CT molecular complexity index is 483. The average molecular weight is 291 g/mol. The van der Waals surface area contributed by atoms with Gasteiger partial charge in [-0.3, -0.25) is 9.69 Å². The average Bonchev–Trinajstić information content (AvgIpc) is 3.02. The Balaban J connectivity index is 1.56. The van der Waals surface area contributed by atoms with Gasteiger partial charge in [0.15, 0.2) is 6.29 Å². The van der Waals surface area contributed by atoms with Crippen LogP contribution in [-0.2, 0) is 14.3 Å². The zero-order valence-corrected chi connectivity index (χ0v) is 12.0. The molecule has 2 N–H and O–H groups in total. The van der Waals surface area contributed by atoms with Crippen molar-refractivity contribution in [1.82, 2.24) is 10.2 Å². The summed E-state index contributed by atoms with van der Waals surface area (Å²) < 4.78 is 10.9. The normalized spacial score (nSPS) is 20.6. The van der Waals surface area contributed by atoms with Crippen molar-refractivity contribution in [3.8, 4) is 0 Å². The SMILES string of the molecule is O=C(CN1CCNCC1)Nc1cccc(C2OCCO2)c1. The Hall–Kier alpha value is -1.47. The lowest BCUT2D eigenvalue weighted by molar-refractivity contribution is -0.117. The van der Waals surface area contributed by atoms with E-state index < -0.39 is 0 Å². The monoisotopic (exact) mass is 291 g/mol. The first-order valence-corrected chi connectivity index (χ1v) is 7.37. The topological polar surface area (TPSA) is 62.8 Å². The highest BCUT2D eigenvalue weighted by molar-refractivity contribution is 5.92. The van der Waals surface area contributed by atoms with E-state index in [9.17, 15) is 4.79 Å². The van der Waals surface area contributed by atoms with Crippen molar-refractivity contribution in [1.29, 1.82) is 0 Å². The number of anilines is 1. The molecule has 0 saturated carbocycles. The standard InChI is InChI=1S/C15H21N3O3/c19-14(11-18-6-4-16-5-7-18)17-13-3-1-2-12(10-13)15-20-8-9-21-15/h1-3,10,15-16H,4-9,11H2,(H,17,19). The van der Waals surface area contributed by atoms with Gasteiger partial charge in [-0.15, -0.1) is 0 Å². The number of ether oxygens (including phenoxy) is 2. The molecule has 1 aromatic carbocycles. The van der Waals surface area contributed by atoms with Crippen LogP contribution in [-0.4, -0.2) is 56.7 Å². The summed E-state index contributed by atoms with van der Waals surface area (Å²) >= 11 is 0. The summed E-state index contributed by atoms with van der Waals surface area (Å²) in [7, 11) is 0. The van der Waals surface area contributed by atoms with Gasteiger partial charge in [-0.1, -0.05) is 12.1 Å². The van der Waals surface area contributed by atoms with Crippen molar-refractivity contribution in [2.45, 2.75) is 6.29 Å². The van der Waals surface area contributed by atoms with Crippen LogP contribution in [0.3, 0.4) is 0 Å². The molecule has 0 aromatic heterocycles. The molecule has 0 radical (unpaired) electrons. The summed E-state index contributed by atoms with van der Waals surface area (Å²) in [6, 6.07) is 7.64. The molecule has 2 saturated heterocycles. The lowest BCUT2D eigenvalue weighted by atomic mass is 10.2. The molecule has 0 atom stereocenters. The molecular weight excluding hydrogens is 270 g/mol. The van der Waals surface area contributed by atoms with Gasteiger partial charge in [-0.2, -0.15) is 0 Å². The van der Waals surface area contributed by atoms with Crippen LogP contribution < -0.4 is 10.6 Å². The van der Waals surface area contributed by atoms with E-state index >= 15 is 0 Å². The van der Waals surface area contributed by atoms with Crippen molar-refractivity contribution >= 4 is 11.6 Å². The molecule has 6 nitrogen and oxygen atoms in total. The first kappa shape index (κ1) is 14.5. The smallest absolute Gasteiger partial charge is 0.238 e. The van der Waals surface area contributed by atoms with Crippen LogP contribution in [0.4, 0.5) is 5.69 Å². The molecule has 0 bridgehead atoms. The molecule has 1 amide bonds. The lowest BCUT2D eigenvalue weighted by Gasteiger charge is -2.26. The zero-order valence-electron chi connectivity index (χ0n) is 12.0. The number of piperazine rings is 1. The fourth-order valence-corrected chi connectivity index (χ4v) is 2.59. The van der Waals surface area contributed by atoms with Crippen LogP contribution in [0.2, 0.25) is 0 Å². The number of benzene rings is 1. The van der Waals surface area contributed by atoms with E-state index in [0.29, 0.717) is 19.8 Å². The third-order valence-corrected chi connectivity index (χ3v) is 3.64. The quantitative estimate of drug-likeness (QED) is 0.849. The van der Waals surface area contributed by atoms with Gasteiger partial charge >= 0.3 is 0 Å². The van der Waals surface area contributed by atoms with E-state index in [2.05, 4.69) is 15.5 Å². The Labute approximate surface area is 124 Å². The number of rotatable bonds is 4. The van der Waals surface area contributed by atoms with Gasteiger partial charge in [-0.25, -0.2) is 0 Å². The molecule has 2 aliphatic heterocycles. The van der Waals surface area contributed by atoms with E-state index in [4.69, 9.17) is 9.47 Å². The third-order valence-electron chi connectivity index (χ3n) is 3.64. The van der Waals surface area contributed by atoms with Gasteiger partial charge < -0.3 is 20.1 Å². The Morgan fingerprint density at radius 3 is 2.81 bits per heavy atom. The highest BCUT2D eigenvalue weighted by Gasteiger charge is 2.19. The number of carbonyl (C=O) groups excluding carboxylic acids is 1. The molecule has 114 valence electrons. The van der Waals surface area contributed by atoms with Gasteiger partial charge in [0.25, 0.3) is 0 Å². The summed E-state index contributed by atoms with van der Waals surface area (Å²) in [5.41, 5.74) is 1.72. The minimum Gasteiger partial charge on any atom is -0.346 e. The molecular formula is C15H21N3O3. The molecule has 21 heavy (non-hydrogen) atoms. The van der Waals surface area contributed by atoms with Crippen LogP contribution in [0.1, 0.15) is 11.9 Å². The van der Waals surface area contributed by atoms with E-state index in [1.807, 2.05) is 24.3 Å². The van der Waals surface area contributed by atoms with Gasteiger partial charge in [-0.05, 0) is 12.1 Å². The second kappa shape index (κ2) is 7.00. The molecule has 2 aliphatic rings. The molecule has 2 fully saturated rings. The number of nitrogens with zero attached hydrogens (tertiary/aromatic N) is 1. The molecule has 3 rings (SSSR count). The van der Waals surface area contributed by atoms with E-state index in [1.54, 1.807) is 0 Å². The van der Waals surface area contributed by atoms with Crippen molar-refractivity contribution in [2.75, 3.05) is 51.3 Å². The van der Waals surface area contributed by atoms with Crippen LogP contribution in [0, 0.1) is 0 Å². The Morgan fingerprint density at radius 2 is 2.05 bits per heavy atom. The maximum Gasteiger partial charge on any atom is 0.238 e. The predicted octanol–water partition coefficient (Wildman–Crippen LogP) is 0.576. The molecule has 2 heterocycles. The fourth-order valence-electron chi connectivity index (χ4n) is 2.59. The summed E-state index contributed by atoms with van der Waals surface area (Å²) in [6.45, 7) is 5.38. The second-order valence-corrected chi connectivity index (χ2v) is 5.27. The first-order chi connectivity index (χ1) is 10.3. The molecule has 0 spiro atoms. The highest BCUT2D eigenvalue weighted by Crippen LogP contribution is 2.25. The summed E-state index contributed by atoms with van der Waals surface area (Å²) in [6.07, 6.45) is -0.310. The largest absolute Gasteiger partial charge is 0.346 e. The van der Waals surface area contributed by atoms with Crippen LogP contribution in [0.15, 0.2) is 24.3 Å². The molecule has 0 aliphatic carbocycles. The van der Waals surface area contributed by atoms with E-state index in [1.165, 1.54) is 0 Å². The zero-order chi connectivity index (χ0) is 14.5. The first-order valence-electron chi connectivity index (χ1n) is 7.37. The molecule has 1 aromatic rings. The number of hydrogen-bond acceptors (Lipinski definition) is 5. The van der Waals surface area contributed by atoms with Crippen molar-refractivity contribution in [3.05, 3.63) is 29.8 Å². The Kier molecular flexibility index (Phi) is 4.82. The molecule has 6 heteroatoms. The maximum atomic E-state index is 12.1. The van der Waals surface area contributed by atoms with Gasteiger partial charge in [0, 0.05) is 37.4 Å². The number of nitrogens with one attached hydrogen (secondary N) is 2. The van der Waals surface area contributed by atoms with Crippen molar-refractivity contribution in [3.63, 3.8) is 0 Å². The summed E-state index contributed by atoms with van der Waals surface area (Å²) in [4.78, 5) is 14.2. The van der Waals surface area contributed by atoms with Crippen LogP contribution >= 0.6 is 0 Å². The summed E-state index contributed by atoms with van der Waals surface area (Å²) in [5.74, 6) is 0.0160. The maximum absolute atomic E-state index is 12.1. The summed E-state index contributed by atoms with van der Waals surface area (Å²) in [5, 5.41) is 6.22. The molecule has 0 unspecified atom stereocenters. The Morgan fingerprint density at radius 1 is 1.29 bits per heavy atom. The minimum absolute atomic E-state index is 0.0160. The highest BCUT2D eigenvalue weighted by atomic mass is 16.7. The lowest BCUT2D eigenvalue weighted by Crippen LogP contribution is -2.46. The minimum atomic E-state index is -0.310. The predicted molar refractivity (Wildman–Crippen MR) is 79.0 cm³/mol. The fraction of sp³-hybridized carbons (Fsp3) is 0.533. The van der Waals surface area contributed by atoms with Crippen LogP contribution in [0.5, 0.6) is 0 Å². The number of carbonyl (C=O) groups is 1. The van der Waals surface area contributed by atoms with Gasteiger partial charge in [0.1, 0.15) is 0 Å². The van der Waals surface area contributed by atoms with E-state index in [-0.39, 0.29) is 12.2 Å². The van der Waals surface area contributed by atoms with E-state index in [0.717, 1.165) is 37.4 Å². The van der Waals surface area contributed by atoms with Crippen molar-refractivity contribution in [2.24, 2.45) is 0 Å². The van der Waals surface area contributed by atoms with Gasteiger partial charge in [0.05, 0.1) is 19.8 Å². The third kappa shape index (κ3) is 4.01.